The van der Waals surface area contributed by atoms with Crippen LogP contribution in [-0.2, 0) is 4.79 Å². The molecule has 0 aliphatic carbocycles. The molecule has 150 valence electrons. The number of anilines is 1. The van der Waals surface area contributed by atoms with Gasteiger partial charge in [-0.1, -0.05) is 12.1 Å². The van der Waals surface area contributed by atoms with Gasteiger partial charge in [0.05, 0.1) is 11.3 Å². The first-order valence-electron chi connectivity index (χ1n) is 9.84. The Labute approximate surface area is 174 Å². The van der Waals surface area contributed by atoms with E-state index in [0.29, 0.717) is 24.4 Å². The van der Waals surface area contributed by atoms with Gasteiger partial charge in [0, 0.05) is 36.6 Å². The number of carbonyl (C=O) groups excluding carboxylic acids is 1. The number of hydrogen-bond acceptors (Lipinski definition) is 5. The highest BCUT2D eigenvalue weighted by Gasteiger charge is 2.41. The van der Waals surface area contributed by atoms with Crippen LogP contribution in [0.15, 0.2) is 42.6 Å². The summed E-state index contributed by atoms with van der Waals surface area (Å²) in [5.74, 6) is 1.23. The Morgan fingerprint density at radius 3 is 2.52 bits per heavy atom. The van der Waals surface area contributed by atoms with E-state index in [2.05, 4.69) is 16.0 Å². The number of likely N-dealkylation sites (tertiary alicyclic amines) is 1. The quantitative estimate of drug-likeness (QED) is 0.751. The number of thioether (sulfide) groups is 1. The minimum absolute atomic E-state index is 0.139. The Morgan fingerprint density at radius 2 is 1.93 bits per heavy atom. The number of aromatic nitrogens is 1. The topological polar surface area (TPSA) is 60.2 Å². The third-order valence-corrected chi connectivity index (χ3v) is 6.96. The van der Waals surface area contributed by atoms with Crippen LogP contribution in [0.1, 0.15) is 36.1 Å². The van der Waals surface area contributed by atoms with Crippen molar-refractivity contribution in [1.82, 2.24) is 9.88 Å². The second-order valence-electron chi connectivity index (χ2n) is 7.61. The summed E-state index contributed by atoms with van der Waals surface area (Å²) >= 11 is 1.59. The summed E-state index contributed by atoms with van der Waals surface area (Å²) in [7, 11) is 0. The van der Waals surface area contributed by atoms with Gasteiger partial charge >= 0.3 is 0 Å². The van der Waals surface area contributed by atoms with Gasteiger partial charge in [-0.3, -0.25) is 4.79 Å². The average Bonchev–Trinajstić information content (AvgIpc) is 3.01. The van der Waals surface area contributed by atoms with Crippen LogP contribution in [0.4, 0.5) is 10.2 Å². The fourth-order valence-electron chi connectivity index (χ4n) is 4.20. The van der Waals surface area contributed by atoms with Crippen LogP contribution in [0.3, 0.4) is 0 Å². The van der Waals surface area contributed by atoms with Gasteiger partial charge in [-0.05, 0) is 49.6 Å². The van der Waals surface area contributed by atoms with Crippen molar-refractivity contribution in [2.45, 2.75) is 37.1 Å². The second kappa shape index (κ2) is 8.42. The third-order valence-electron chi connectivity index (χ3n) is 5.77. The highest BCUT2D eigenvalue weighted by atomic mass is 32.2. The lowest BCUT2D eigenvalue weighted by molar-refractivity contribution is -0.129. The number of halogens is 1. The van der Waals surface area contributed by atoms with Crippen molar-refractivity contribution in [3.05, 3.63) is 59.5 Å². The van der Waals surface area contributed by atoms with E-state index in [-0.39, 0.29) is 29.1 Å². The summed E-state index contributed by atoms with van der Waals surface area (Å²) < 4.78 is 13.1. The Morgan fingerprint density at radius 1 is 1.24 bits per heavy atom. The number of pyridine rings is 1. The Kier molecular flexibility index (Phi) is 5.72. The minimum Gasteiger partial charge on any atom is -0.347 e. The molecule has 3 unspecified atom stereocenters. The molecule has 2 aromatic rings. The lowest BCUT2D eigenvalue weighted by atomic mass is 10.1. The van der Waals surface area contributed by atoms with E-state index in [1.807, 2.05) is 17.9 Å². The Balaban J connectivity index is 1.35. The van der Waals surface area contributed by atoms with Crippen LogP contribution in [0.25, 0.3) is 0 Å². The fraction of sp³-hybridized carbons (Fsp3) is 0.409. The predicted octanol–water partition coefficient (Wildman–Crippen LogP) is 3.77. The molecule has 0 saturated carbocycles. The molecule has 2 saturated heterocycles. The summed E-state index contributed by atoms with van der Waals surface area (Å²) in [6.45, 7) is 3.47. The van der Waals surface area contributed by atoms with Crippen LogP contribution in [0.5, 0.6) is 0 Å². The van der Waals surface area contributed by atoms with Gasteiger partial charge in [0.2, 0.25) is 5.91 Å². The number of benzene rings is 1. The Hall–Kier alpha value is -2.59. The molecule has 0 spiro atoms. The molecule has 0 radical (unpaired) electrons. The van der Waals surface area contributed by atoms with Gasteiger partial charge in [-0.2, -0.15) is 5.26 Å². The lowest BCUT2D eigenvalue weighted by Gasteiger charge is -2.41. The maximum absolute atomic E-state index is 13.1. The molecule has 2 fully saturated rings. The van der Waals surface area contributed by atoms with Crippen LogP contribution in [0.2, 0.25) is 0 Å². The normalized spacial score (nSPS) is 21.7. The number of hydrogen-bond donors (Lipinski definition) is 0. The highest BCUT2D eigenvalue weighted by molar-refractivity contribution is 8.00. The molecule has 3 heterocycles. The van der Waals surface area contributed by atoms with Crippen molar-refractivity contribution < 1.29 is 9.18 Å². The molecule has 29 heavy (non-hydrogen) atoms. The fourth-order valence-corrected chi connectivity index (χ4v) is 5.13. The zero-order chi connectivity index (χ0) is 20.4. The van der Waals surface area contributed by atoms with Gasteiger partial charge in [-0.15, -0.1) is 11.8 Å². The molecule has 2 aliphatic rings. The van der Waals surface area contributed by atoms with E-state index in [9.17, 15) is 9.18 Å². The van der Waals surface area contributed by atoms with Crippen molar-refractivity contribution in [1.29, 1.82) is 5.26 Å². The molecule has 2 aliphatic heterocycles. The van der Waals surface area contributed by atoms with Crippen molar-refractivity contribution in [3.8, 4) is 6.07 Å². The minimum atomic E-state index is -0.243. The number of piperazine rings is 1. The maximum atomic E-state index is 13.1. The summed E-state index contributed by atoms with van der Waals surface area (Å²) in [5, 5.41) is 9.10. The van der Waals surface area contributed by atoms with E-state index >= 15 is 0 Å². The SMILES string of the molecule is CC(SCC(=O)N1CC2CCC(C1)N2c1ccc(C#N)cn1)c1ccc(F)cc1. The monoisotopic (exact) mass is 410 g/mol. The standard InChI is InChI=1S/C22H23FN4OS/c1-15(17-3-5-18(23)6-4-17)29-14-22(28)26-12-19-7-8-20(13-26)27(19)21-9-2-16(10-24)11-25-21/h2-6,9,11,15,19-20H,7-8,12-14H2,1H3. The summed E-state index contributed by atoms with van der Waals surface area (Å²) in [6.07, 6.45) is 3.71. The Bertz CT molecular complexity index is 898. The van der Waals surface area contributed by atoms with Crippen molar-refractivity contribution >= 4 is 23.5 Å². The molecule has 3 atom stereocenters. The molecule has 1 aromatic carbocycles. The van der Waals surface area contributed by atoms with Crippen LogP contribution < -0.4 is 4.90 Å². The van der Waals surface area contributed by atoms with Crippen LogP contribution >= 0.6 is 11.8 Å². The molecule has 1 amide bonds. The van der Waals surface area contributed by atoms with Gasteiger partial charge < -0.3 is 9.80 Å². The van der Waals surface area contributed by atoms with Crippen LogP contribution in [0, 0.1) is 17.1 Å². The summed E-state index contributed by atoms with van der Waals surface area (Å²) in [6, 6.07) is 12.8. The third kappa shape index (κ3) is 4.23. The number of rotatable bonds is 5. The molecule has 5 nitrogen and oxygen atoms in total. The number of fused-ring (bicyclic) bond motifs is 2. The van der Waals surface area contributed by atoms with Gasteiger partial charge in [0.1, 0.15) is 17.7 Å². The van der Waals surface area contributed by atoms with E-state index in [1.54, 1.807) is 36.2 Å². The second-order valence-corrected chi connectivity index (χ2v) is 8.94. The highest BCUT2D eigenvalue weighted by Crippen LogP contribution is 2.35. The number of nitriles is 1. The summed E-state index contributed by atoms with van der Waals surface area (Å²) in [5.41, 5.74) is 1.59. The van der Waals surface area contributed by atoms with Gasteiger partial charge in [0.15, 0.2) is 0 Å². The van der Waals surface area contributed by atoms with E-state index < -0.39 is 0 Å². The van der Waals surface area contributed by atoms with E-state index in [1.165, 1.54) is 12.1 Å². The van der Waals surface area contributed by atoms with E-state index in [0.717, 1.165) is 24.2 Å². The lowest BCUT2D eigenvalue weighted by Crippen LogP contribution is -2.56. The van der Waals surface area contributed by atoms with Crippen LogP contribution in [-0.4, -0.2) is 46.7 Å². The molecule has 2 bridgehead atoms. The first-order chi connectivity index (χ1) is 14.0. The smallest absolute Gasteiger partial charge is 0.232 e. The average molecular weight is 411 g/mol. The van der Waals surface area contributed by atoms with E-state index in [4.69, 9.17) is 5.26 Å². The molecule has 0 N–H and O–H groups in total. The van der Waals surface area contributed by atoms with Crippen molar-refractivity contribution in [2.24, 2.45) is 0 Å². The molecular formula is C22H23FN4OS. The number of nitrogens with zero attached hydrogens (tertiary/aromatic N) is 4. The van der Waals surface area contributed by atoms with Crippen molar-refractivity contribution in [2.75, 3.05) is 23.7 Å². The van der Waals surface area contributed by atoms with Gasteiger partial charge in [-0.25, -0.2) is 9.37 Å². The number of carbonyl (C=O) groups is 1. The molecule has 7 heteroatoms. The van der Waals surface area contributed by atoms with Gasteiger partial charge in [0.25, 0.3) is 0 Å². The van der Waals surface area contributed by atoms with Crippen molar-refractivity contribution in [3.63, 3.8) is 0 Å². The largest absolute Gasteiger partial charge is 0.347 e. The zero-order valence-electron chi connectivity index (χ0n) is 16.3. The summed E-state index contributed by atoms with van der Waals surface area (Å²) in [4.78, 5) is 21.6. The maximum Gasteiger partial charge on any atom is 0.232 e. The number of amides is 1. The molecule has 1 aromatic heterocycles. The zero-order valence-corrected chi connectivity index (χ0v) is 17.1. The first kappa shape index (κ1) is 19.7. The molecule has 4 rings (SSSR count). The predicted molar refractivity (Wildman–Crippen MR) is 112 cm³/mol. The first-order valence-corrected chi connectivity index (χ1v) is 10.9. The molecular weight excluding hydrogens is 387 g/mol.